The van der Waals surface area contributed by atoms with Crippen molar-refractivity contribution in [3.8, 4) is 0 Å². The van der Waals surface area contributed by atoms with E-state index in [1.54, 1.807) is 0 Å². The Bertz CT molecular complexity index is 319. The first-order valence-electron chi connectivity index (χ1n) is 7.69. The van der Waals surface area contributed by atoms with Crippen molar-refractivity contribution in [2.45, 2.75) is 57.8 Å². The molecule has 0 aromatic heterocycles. The lowest BCUT2D eigenvalue weighted by molar-refractivity contribution is -0.139. The van der Waals surface area contributed by atoms with Gasteiger partial charge in [-0.3, -0.25) is 4.79 Å². The van der Waals surface area contributed by atoms with Gasteiger partial charge in [0.2, 0.25) is 5.91 Å². The smallest absolute Gasteiger partial charge is 0.230 e. The van der Waals surface area contributed by atoms with Gasteiger partial charge in [0.05, 0.1) is 5.41 Å². The van der Waals surface area contributed by atoms with Gasteiger partial charge in [0, 0.05) is 19.6 Å². The third kappa shape index (κ3) is 2.07. The normalized spacial score (nSPS) is 29.3. The molecule has 0 bridgehead atoms. The molecule has 0 radical (unpaired) electrons. The number of carbonyl (C=O) groups excluding carboxylic acids is 1. The summed E-state index contributed by atoms with van der Waals surface area (Å²) in [6, 6.07) is 0. The predicted molar refractivity (Wildman–Crippen MR) is 72.1 cm³/mol. The second-order valence-corrected chi connectivity index (χ2v) is 6.84. The Balaban J connectivity index is 1.58. The topological polar surface area (TPSA) is 46.3 Å². The van der Waals surface area contributed by atoms with Crippen LogP contribution >= 0.6 is 0 Å². The summed E-state index contributed by atoms with van der Waals surface area (Å²) in [5.41, 5.74) is 6.22. The summed E-state index contributed by atoms with van der Waals surface area (Å²) in [5, 5.41) is 0. The Labute approximate surface area is 110 Å². The maximum absolute atomic E-state index is 12.4. The van der Waals surface area contributed by atoms with Crippen molar-refractivity contribution in [1.82, 2.24) is 4.90 Å². The van der Waals surface area contributed by atoms with Gasteiger partial charge in [0.25, 0.3) is 0 Å². The fourth-order valence-electron chi connectivity index (χ4n) is 3.98. The van der Waals surface area contributed by atoms with Crippen molar-refractivity contribution < 1.29 is 4.79 Å². The molecule has 1 saturated heterocycles. The highest BCUT2D eigenvalue weighted by Crippen LogP contribution is 2.49. The first-order valence-corrected chi connectivity index (χ1v) is 7.69. The minimum Gasteiger partial charge on any atom is -0.342 e. The third-order valence-corrected chi connectivity index (χ3v) is 5.72. The van der Waals surface area contributed by atoms with Gasteiger partial charge in [0.1, 0.15) is 0 Å². The molecule has 2 saturated carbocycles. The van der Waals surface area contributed by atoms with Gasteiger partial charge in [-0.25, -0.2) is 0 Å². The van der Waals surface area contributed by atoms with Crippen LogP contribution in [0.4, 0.5) is 0 Å². The van der Waals surface area contributed by atoms with Crippen LogP contribution < -0.4 is 5.73 Å². The lowest BCUT2D eigenvalue weighted by atomic mass is 9.68. The number of amides is 1. The molecular formula is C15H26N2O. The molecule has 2 aliphatic carbocycles. The number of likely N-dealkylation sites (tertiary alicyclic amines) is 1. The molecule has 0 aromatic rings. The van der Waals surface area contributed by atoms with Crippen LogP contribution in [0.3, 0.4) is 0 Å². The fourth-order valence-corrected chi connectivity index (χ4v) is 3.98. The molecule has 0 atom stereocenters. The lowest BCUT2D eigenvalue weighted by Gasteiger charge is -2.45. The molecule has 0 aromatic carbocycles. The van der Waals surface area contributed by atoms with E-state index >= 15 is 0 Å². The zero-order valence-corrected chi connectivity index (χ0v) is 11.4. The summed E-state index contributed by atoms with van der Waals surface area (Å²) >= 11 is 0. The Morgan fingerprint density at radius 3 is 2.06 bits per heavy atom. The minimum atomic E-state index is -0.142. The Hall–Kier alpha value is -0.570. The lowest BCUT2D eigenvalue weighted by Crippen LogP contribution is -2.47. The van der Waals surface area contributed by atoms with Gasteiger partial charge in [-0.1, -0.05) is 19.3 Å². The summed E-state index contributed by atoms with van der Waals surface area (Å²) in [4.78, 5) is 14.5. The molecule has 1 aliphatic heterocycles. The second kappa shape index (κ2) is 4.52. The van der Waals surface area contributed by atoms with Crippen LogP contribution in [0.1, 0.15) is 57.8 Å². The zero-order valence-electron chi connectivity index (χ0n) is 11.4. The molecule has 0 unspecified atom stereocenters. The standard InChI is InChI=1S/C15H26N2O/c16-12-15(6-7-15)13(18)17-10-8-14(9-11-17)4-2-1-3-5-14/h1-12,16H2. The summed E-state index contributed by atoms with van der Waals surface area (Å²) in [5.74, 6) is 0.357. The summed E-state index contributed by atoms with van der Waals surface area (Å²) < 4.78 is 0. The maximum atomic E-state index is 12.4. The van der Waals surface area contributed by atoms with Crippen LogP contribution in [0.25, 0.3) is 0 Å². The van der Waals surface area contributed by atoms with Crippen molar-refractivity contribution in [2.75, 3.05) is 19.6 Å². The number of piperidine rings is 1. The molecule has 2 N–H and O–H groups in total. The molecule has 3 heteroatoms. The van der Waals surface area contributed by atoms with E-state index in [9.17, 15) is 4.79 Å². The highest BCUT2D eigenvalue weighted by atomic mass is 16.2. The van der Waals surface area contributed by atoms with Crippen molar-refractivity contribution >= 4 is 5.91 Å². The summed E-state index contributed by atoms with van der Waals surface area (Å²) in [7, 11) is 0. The summed E-state index contributed by atoms with van der Waals surface area (Å²) in [6.45, 7) is 2.52. The molecule has 3 fully saturated rings. The van der Waals surface area contributed by atoms with Crippen molar-refractivity contribution in [3.05, 3.63) is 0 Å². The van der Waals surface area contributed by atoms with Crippen molar-refractivity contribution in [3.63, 3.8) is 0 Å². The van der Waals surface area contributed by atoms with Gasteiger partial charge in [-0.2, -0.15) is 0 Å². The van der Waals surface area contributed by atoms with Crippen LogP contribution in [0.5, 0.6) is 0 Å². The molecule has 3 nitrogen and oxygen atoms in total. The minimum absolute atomic E-state index is 0.142. The maximum Gasteiger partial charge on any atom is 0.230 e. The predicted octanol–water partition coefficient (Wildman–Crippen LogP) is 2.30. The van der Waals surface area contributed by atoms with Crippen molar-refractivity contribution in [1.29, 1.82) is 0 Å². The zero-order chi connectivity index (χ0) is 12.6. The molecular weight excluding hydrogens is 224 g/mol. The van der Waals surface area contributed by atoms with E-state index in [2.05, 4.69) is 4.90 Å². The Kier molecular flexibility index (Phi) is 3.13. The van der Waals surface area contributed by atoms with Crippen LogP contribution in [-0.2, 0) is 4.79 Å². The molecule has 1 amide bonds. The van der Waals surface area contributed by atoms with Crippen LogP contribution in [0, 0.1) is 10.8 Å². The van der Waals surface area contributed by atoms with Crippen LogP contribution in [0.15, 0.2) is 0 Å². The van der Waals surface area contributed by atoms with Crippen molar-refractivity contribution in [2.24, 2.45) is 16.6 Å². The molecule has 1 spiro atoms. The average Bonchev–Trinajstić information content (AvgIpc) is 3.21. The quantitative estimate of drug-likeness (QED) is 0.817. The van der Waals surface area contributed by atoms with E-state index in [1.807, 2.05) is 0 Å². The van der Waals surface area contributed by atoms with E-state index in [0.717, 1.165) is 25.9 Å². The highest BCUT2D eigenvalue weighted by Gasteiger charge is 2.51. The van der Waals surface area contributed by atoms with Crippen LogP contribution in [0.2, 0.25) is 0 Å². The van der Waals surface area contributed by atoms with Gasteiger partial charge in [0.15, 0.2) is 0 Å². The van der Waals surface area contributed by atoms with E-state index in [0.29, 0.717) is 17.9 Å². The monoisotopic (exact) mass is 250 g/mol. The highest BCUT2D eigenvalue weighted by molar-refractivity contribution is 5.85. The number of hydrogen-bond acceptors (Lipinski definition) is 2. The van der Waals surface area contributed by atoms with E-state index in [4.69, 9.17) is 5.73 Å². The molecule has 18 heavy (non-hydrogen) atoms. The first-order chi connectivity index (χ1) is 8.70. The molecule has 3 aliphatic rings. The first kappa shape index (κ1) is 12.5. The van der Waals surface area contributed by atoms with Gasteiger partial charge in [-0.05, 0) is 43.9 Å². The second-order valence-electron chi connectivity index (χ2n) is 6.84. The SMILES string of the molecule is NCC1(C(=O)N2CCC3(CCCCC3)CC2)CC1. The van der Waals surface area contributed by atoms with Gasteiger partial charge in [-0.15, -0.1) is 0 Å². The molecule has 1 heterocycles. The average molecular weight is 250 g/mol. The number of nitrogens with zero attached hydrogens (tertiary/aromatic N) is 1. The molecule has 102 valence electrons. The van der Waals surface area contributed by atoms with E-state index < -0.39 is 0 Å². The summed E-state index contributed by atoms with van der Waals surface area (Å²) in [6.07, 6.45) is 11.5. The number of nitrogens with two attached hydrogens (primary N) is 1. The van der Waals surface area contributed by atoms with E-state index in [1.165, 1.54) is 44.9 Å². The number of hydrogen-bond donors (Lipinski definition) is 1. The van der Waals surface area contributed by atoms with Gasteiger partial charge < -0.3 is 10.6 Å². The largest absolute Gasteiger partial charge is 0.342 e. The number of carbonyl (C=O) groups is 1. The van der Waals surface area contributed by atoms with E-state index in [-0.39, 0.29) is 5.41 Å². The number of rotatable bonds is 2. The Morgan fingerprint density at radius 2 is 1.56 bits per heavy atom. The fraction of sp³-hybridized carbons (Fsp3) is 0.933. The third-order valence-electron chi connectivity index (χ3n) is 5.72. The molecule has 3 rings (SSSR count). The van der Waals surface area contributed by atoms with Crippen LogP contribution in [-0.4, -0.2) is 30.4 Å². The van der Waals surface area contributed by atoms with Gasteiger partial charge >= 0.3 is 0 Å². The Morgan fingerprint density at radius 1 is 0.944 bits per heavy atom.